The molecule has 21 heavy (non-hydrogen) atoms. The van der Waals surface area contributed by atoms with Crippen molar-refractivity contribution in [3.63, 3.8) is 0 Å². The Hall–Kier alpha value is -2.37. The number of hydrogen-bond donors (Lipinski definition) is 1. The minimum absolute atomic E-state index is 0.0467. The molecular weight excluding hydrogens is 276 g/mol. The van der Waals surface area contributed by atoms with Gasteiger partial charge in [0.25, 0.3) is 0 Å². The fourth-order valence-electron chi connectivity index (χ4n) is 1.84. The summed E-state index contributed by atoms with van der Waals surface area (Å²) in [6.45, 7) is 3.01. The minimum Gasteiger partial charge on any atom is -0.355 e. The molecule has 110 valence electrons. The van der Waals surface area contributed by atoms with Crippen LogP contribution in [0.3, 0.4) is 0 Å². The second kappa shape index (κ2) is 5.95. The van der Waals surface area contributed by atoms with Gasteiger partial charge < -0.3 is 5.32 Å². The summed E-state index contributed by atoms with van der Waals surface area (Å²) in [6.07, 6.45) is 3.35. The average Bonchev–Trinajstić information content (AvgIpc) is 2.46. The van der Waals surface area contributed by atoms with E-state index >= 15 is 0 Å². The van der Waals surface area contributed by atoms with Gasteiger partial charge in [0.15, 0.2) is 11.5 Å². The second-order valence-corrected chi connectivity index (χ2v) is 5.08. The van der Waals surface area contributed by atoms with E-state index < -0.39 is 11.5 Å². The van der Waals surface area contributed by atoms with Gasteiger partial charge in [-0.2, -0.15) is 0 Å². The van der Waals surface area contributed by atoms with Gasteiger partial charge in [-0.3, -0.25) is 4.79 Å². The summed E-state index contributed by atoms with van der Waals surface area (Å²) in [7, 11) is 0. The van der Waals surface area contributed by atoms with Crippen molar-refractivity contribution in [2.45, 2.75) is 26.1 Å². The summed E-state index contributed by atoms with van der Waals surface area (Å²) < 4.78 is 27.6. The Morgan fingerprint density at radius 2 is 1.95 bits per heavy atom. The lowest BCUT2D eigenvalue weighted by molar-refractivity contribution is -0.109. The molecule has 0 aliphatic carbocycles. The van der Waals surface area contributed by atoms with Gasteiger partial charge in [0, 0.05) is 30.1 Å². The molecule has 1 amide bonds. The highest BCUT2D eigenvalue weighted by Crippen LogP contribution is 2.25. The summed E-state index contributed by atoms with van der Waals surface area (Å²) >= 11 is 0. The monoisotopic (exact) mass is 291 g/mol. The SMILES string of the molecule is CC(C)(F)c1ncc(-c2cc(CNC=O)ccc2F)cn1. The third kappa shape index (κ3) is 3.59. The first-order valence-electron chi connectivity index (χ1n) is 6.39. The average molecular weight is 291 g/mol. The number of nitrogens with zero attached hydrogens (tertiary/aromatic N) is 2. The normalized spacial score (nSPS) is 11.2. The van der Waals surface area contributed by atoms with Crippen molar-refractivity contribution in [1.29, 1.82) is 0 Å². The first-order chi connectivity index (χ1) is 9.91. The molecular formula is C15H15F2N3O. The highest BCUT2D eigenvalue weighted by Gasteiger charge is 2.22. The summed E-state index contributed by atoms with van der Waals surface area (Å²) in [4.78, 5) is 18.2. The minimum atomic E-state index is -1.65. The zero-order valence-electron chi connectivity index (χ0n) is 11.7. The van der Waals surface area contributed by atoms with Gasteiger partial charge in [-0.1, -0.05) is 6.07 Å². The van der Waals surface area contributed by atoms with Crippen LogP contribution in [0.15, 0.2) is 30.6 Å². The van der Waals surface area contributed by atoms with Gasteiger partial charge in [0.1, 0.15) is 5.82 Å². The molecule has 2 rings (SSSR count). The number of alkyl halides is 1. The largest absolute Gasteiger partial charge is 0.355 e. The Labute approximate surface area is 121 Å². The first-order valence-corrected chi connectivity index (χ1v) is 6.39. The van der Waals surface area contributed by atoms with Gasteiger partial charge in [0.2, 0.25) is 6.41 Å². The molecule has 2 aromatic rings. The zero-order valence-corrected chi connectivity index (χ0v) is 11.7. The first kappa shape index (κ1) is 15.0. The standard InChI is InChI=1S/C15H15F2N3O/c1-15(2,17)14-19-7-11(8-20-14)12-5-10(6-18-9-21)3-4-13(12)16/h3-5,7-9H,6H2,1-2H3,(H,18,21). The van der Waals surface area contributed by atoms with E-state index in [4.69, 9.17) is 0 Å². The molecule has 0 saturated carbocycles. The highest BCUT2D eigenvalue weighted by molar-refractivity contribution is 5.63. The number of amides is 1. The van der Waals surface area contributed by atoms with Crippen LogP contribution in [0.4, 0.5) is 8.78 Å². The van der Waals surface area contributed by atoms with Crippen molar-refractivity contribution in [3.05, 3.63) is 47.8 Å². The number of nitrogens with one attached hydrogen (secondary N) is 1. The Bertz CT molecular complexity index is 636. The zero-order chi connectivity index (χ0) is 15.5. The molecule has 0 atom stereocenters. The quantitative estimate of drug-likeness (QED) is 0.862. The van der Waals surface area contributed by atoms with Gasteiger partial charge in [-0.05, 0) is 31.5 Å². The summed E-state index contributed by atoms with van der Waals surface area (Å²) in [6, 6.07) is 4.49. The summed E-state index contributed by atoms with van der Waals surface area (Å²) in [5.41, 5.74) is -0.141. The topological polar surface area (TPSA) is 54.9 Å². The molecule has 0 unspecified atom stereocenters. The van der Waals surface area contributed by atoms with Crippen molar-refractivity contribution < 1.29 is 13.6 Å². The Morgan fingerprint density at radius 1 is 1.29 bits per heavy atom. The Kier molecular flexibility index (Phi) is 4.26. The maximum atomic E-state index is 13.9. The Balaban J connectivity index is 2.34. The van der Waals surface area contributed by atoms with Gasteiger partial charge >= 0.3 is 0 Å². The fourth-order valence-corrected chi connectivity index (χ4v) is 1.84. The van der Waals surface area contributed by atoms with Crippen LogP contribution in [-0.2, 0) is 17.0 Å². The maximum absolute atomic E-state index is 13.9. The van der Waals surface area contributed by atoms with E-state index in [1.807, 2.05) is 0 Å². The molecule has 0 spiro atoms. The molecule has 1 aromatic carbocycles. The van der Waals surface area contributed by atoms with Crippen LogP contribution < -0.4 is 5.32 Å². The van der Waals surface area contributed by atoms with Crippen LogP contribution in [0.1, 0.15) is 25.2 Å². The van der Waals surface area contributed by atoms with Crippen LogP contribution in [0, 0.1) is 5.82 Å². The molecule has 1 aromatic heterocycles. The molecule has 1 N–H and O–H groups in total. The van der Waals surface area contributed by atoms with Crippen LogP contribution in [-0.4, -0.2) is 16.4 Å². The van der Waals surface area contributed by atoms with Crippen molar-refractivity contribution in [2.75, 3.05) is 0 Å². The molecule has 4 nitrogen and oxygen atoms in total. The molecule has 0 saturated heterocycles. The van der Waals surface area contributed by atoms with E-state index in [0.29, 0.717) is 24.1 Å². The van der Waals surface area contributed by atoms with E-state index in [-0.39, 0.29) is 5.82 Å². The number of carbonyl (C=O) groups excluding carboxylic acids is 1. The Morgan fingerprint density at radius 3 is 2.52 bits per heavy atom. The third-order valence-corrected chi connectivity index (χ3v) is 2.91. The highest BCUT2D eigenvalue weighted by atomic mass is 19.1. The molecule has 0 bridgehead atoms. The number of carbonyl (C=O) groups is 1. The molecule has 0 radical (unpaired) electrons. The molecule has 6 heteroatoms. The van der Waals surface area contributed by atoms with E-state index in [1.54, 1.807) is 12.1 Å². The van der Waals surface area contributed by atoms with Gasteiger partial charge in [-0.15, -0.1) is 0 Å². The van der Waals surface area contributed by atoms with Crippen molar-refractivity contribution >= 4 is 6.41 Å². The van der Waals surface area contributed by atoms with Gasteiger partial charge in [0.05, 0.1) is 0 Å². The van der Waals surface area contributed by atoms with Crippen molar-refractivity contribution in [2.24, 2.45) is 0 Å². The molecule has 0 aliphatic heterocycles. The number of rotatable bonds is 5. The fraction of sp³-hybridized carbons (Fsp3) is 0.267. The van der Waals surface area contributed by atoms with Crippen LogP contribution in [0.2, 0.25) is 0 Å². The van der Waals surface area contributed by atoms with Crippen molar-refractivity contribution in [1.82, 2.24) is 15.3 Å². The van der Waals surface area contributed by atoms with E-state index in [1.165, 1.54) is 32.3 Å². The molecule has 0 fully saturated rings. The van der Waals surface area contributed by atoms with Crippen LogP contribution in [0.5, 0.6) is 0 Å². The maximum Gasteiger partial charge on any atom is 0.207 e. The smallest absolute Gasteiger partial charge is 0.207 e. The molecule has 1 heterocycles. The molecule has 0 aliphatic rings. The van der Waals surface area contributed by atoms with E-state index in [2.05, 4.69) is 15.3 Å². The summed E-state index contributed by atoms with van der Waals surface area (Å²) in [5.74, 6) is -0.383. The predicted molar refractivity (Wildman–Crippen MR) is 74.5 cm³/mol. The van der Waals surface area contributed by atoms with E-state index in [0.717, 1.165) is 5.56 Å². The number of benzene rings is 1. The third-order valence-electron chi connectivity index (χ3n) is 2.91. The van der Waals surface area contributed by atoms with E-state index in [9.17, 15) is 13.6 Å². The lowest BCUT2D eigenvalue weighted by atomic mass is 10.0. The number of halogens is 2. The second-order valence-electron chi connectivity index (χ2n) is 5.08. The summed E-state index contributed by atoms with van der Waals surface area (Å²) in [5, 5.41) is 2.51. The lowest BCUT2D eigenvalue weighted by Crippen LogP contribution is -2.13. The van der Waals surface area contributed by atoms with Crippen LogP contribution in [0.25, 0.3) is 11.1 Å². The van der Waals surface area contributed by atoms with Crippen LogP contribution >= 0.6 is 0 Å². The van der Waals surface area contributed by atoms with Crippen molar-refractivity contribution in [3.8, 4) is 11.1 Å². The predicted octanol–water partition coefficient (Wildman–Crippen LogP) is 2.73. The lowest BCUT2D eigenvalue weighted by Gasteiger charge is -2.12. The number of hydrogen-bond acceptors (Lipinski definition) is 3. The number of aromatic nitrogens is 2. The van der Waals surface area contributed by atoms with Gasteiger partial charge in [-0.25, -0.2) is 18.7 Å².